The van der Waals surface area contributed by atoms with Gasteiger partial charge in [-0.2, -0.15) is 4.98 Å². The first-order valence-electron chi connectivity index (χ1n) is 9.42. The number of hydrogen-bond acceptors (Lipinski definition) is 6. The van der Waals surface area contributed by atoms with Crippen molar-refractivity contribution < 1.29 is 9.32 Å². The summed E-state index contributed by atoms with van der Waals surface area (Å²) in [4.78, 5) is 25.4. The fourth-order valence-electron chi connectivity index (χ4n) is 3.45. The van der Waals surface area contributed by atoms with Crippen molar-refractivity contribution >= 4 is 11.6 Å². The van der Waals surface area contributed by atoms with Crippen molar-refractivity contribution in [1.82, 2.24) is 20.0 Å². The summed E-state index contributed by atoms with van der Waals surface area (Å²) in [5.74, 6) is 1.47. The number of likely N-dealkylation sites (tertiary alicyclic amines) is 1. The third kappa shape index (κ3) is 3.74. The normalized spacial score (nSPS) is 14.9. The quantitative estimate of drug-likeness (QED) is 0.695. The molecule has 0 saturated carbocycles. The highest BCUT2D eigenvalue weighted by Gasteiger charge is 2.27. The Hall–Kier alpha value is -3.22. The zero-order valence-corrected chi connectivity index (χ0v) is 16.1. The maximum atomic E-state index is 12.9. The van der Waals surface area contributed by atoms with Crippen molar-refractivity contribution in [2.45, 2.75) is 18.8 Å². The second-order valence-electron chi connectivity index (χ2n) is 7.21. The van der Waals surface area contributed by atoms with Gasteiger partial charge in [-0.25, -0.2) is 0 Å². The molecule has 1 saturated heterocycles. The largest absolute Gasteiger partial charge is 0.378 e. The number of carbonyl (C=O) groups excluding carboxylic acids is 1. The zero-order valence-electron chi connectivity index (χ0n) is 16.1. The van der Waals surface area contributed by atoms with Gasteiger partial charge in [0.25, 0.3) is 11.8 Å². The Balaban J connectivity index is 1.40. The number of amides is 1. The number of aromatic nitrogens is 3. The van der Waals surface area contributed by atoms with Gasteiger partial charge in [0.05, 0.1) is 5.56 Å². The molecule has 3 aromatic rings. The van der Waals surface area contributed by atoms with Crippen LogP contribution in [0.1, 0.15) is 34.9 Å². The van der Waals surface area contributed by atoms with Gasteiger partial charge in [-0.05, 0) is 43.2 Å². The first-order chi connectivity index (χ1) is 13.6. The van der Waals surface area contributed by atoms with Gasteiger partial charge in [-0.3, -0.25) is 9.78 Å². The van der Waals surface area contributed by atoms with E-state index >= 15 is 0 Å². The van der Waals surface area contributed by atoms with Gasteiger partial charge in [0.15, 0.2) is 5.82 Å². The molecule has 0 N–H and O–H groups in total. The van der Waals surface area contributed by atoms with E-state index in [1.165, 1.54) is 0 Å². The topological polar surface area (TPSA) is 75.4 Å². The summed E-state index contributed by atoms with van der Waals surface area (Å²) in [7, 11) is 3.94. The molecule has 1 amide bonds. The van der Waals surface area contributed by atoms with Gasteiger partial charge >= 0.3 is 0 Å². The average molecular weight is 377 g/mol. The molecule has 28 heavy (non-hydrogen) atoms. The van der Waals surface area contributed by atoms with Crippen LogP contribution in [0, 0.1) is 0 Å². The predicted octanol–water partition coefficient (Wildman–Crippen LogP) is 3.22. The van der Waals surface area contributed by atoms with E-state index in [0.717, 1.165) is 29.7 Å². The van der Waals surface area contributed by atoms with Crippen molar-refractivity contribution in [3.05, 3.63) is 60.2 Å². The number of nitrogens with zero attached hydrogens (tertiary/aromatic N) is 5. The van der Waals surface area contributed by atoms with E-state index in [9.17, 15) is 4.79 Å². The Morgan fingerprint density at radius 2 is 2.00 bits per heavy atom. The number of piperidine rings is 1. The molecule has 0 aliphatic carbocycles. The fraction of sp³-hybridized carbons (Fsp3) is 0.333. The smallest absolute Gasteiger partial charge is 0.259 e. The zero-order chi connectivity index (χ0) is 19.5. The molecule has 0 unspecified atom stereocenters. The number of rotatable bonds is 4. The lowest BCUT2D eigenvalue weighted by Gasteiger charge is -2.30. The van der Waals surface area contributed by atoms with E-state index in [0.29, 0.717) is 24.8 Å². The molecular weight excluding hydrogens is 354 g/mol. The number of hydrogen-bond donors (Lipinski definition) is 0. The van der Waals surface area contributed by atoms with Crippen LogP contribution in [0.25, 0.3) is 11.5 Å². The van der Waals surface area contributed by atoms with Gasteiger partial charge < -0.3 is 14.3 Å². The first-order valence-corrected chi connectivity index (χ1v) is 9.42. The Kier molecular flexibility index (Phi) is 5.06. The molecule has 0 spiro atoms. The van der Waals surface area contributed by atoms with Crippen molar-refractivity contribution in [2.75, 3.05) is 32.1 Å². The first kappa shape index (κ1) is 18.2. The second kappa shape index (κ2) is 7.80. The highest BCUT2D eigenvalue weighted by molar-refractivity contribution is 5.95. The summed E-state index contributed by atoms with van der Waals surface area (Å²) < 4.78 is 5.40. The third-order valence-electron chi connectivity index (χ3n) is 5.11. The molecule has 0 bridgehead atoms. The third-order valence-corrected chi connectivity index (χ3v) is 5.11. The molecule has 3 heterocycles. The van der Waals surface area contributed by atoms with E-state index in [1.54, 1.807) is 12.4 Å². The number of benzene rings is 1. The molecule has 7 nitrogen and oxygen atoms in total. The number of pyridine rings is 1. The van der Waals surface area contributed by atoms with Gasteiger partial charge in [0, 0.05) is 56.7 Å². The number of carbonyl (C=O) groups is 1. The van der Waals surface area contributed by atoms with E-state index in [-0.39, 0.29) is 11.8 Å². The highest BCUT2D eigenvalue weighted by atomic mass is 16.5. The van der Waals surface area contributed by atoms with Crippen LogP contribution in [0.4, 0.5) is 5.69 Å². The minimum Gasteiger partial charge on any atom is -0.378 e. The van der Waals surface area contributed by atoms with Crippen molar-refractivity contribution in [1.29, 1.82) is 0 Å². The molecule has 2 aromatic heterocycles. The number of anilines is 1. The lowest BCUT2D eigenvalue weighted by Crippen LogP contribution is -2.38. The molecule has 7 heteroatoms. The van der Waals surface area contributed by atoms with Crippen molar-refractivity contribution in [3.8, 4) is 11.5 Å². The maximum Gasteiger partial charge on any atom is 0.259 e. The van der Waals surface area contributed by atoms with Crippen LogP contribution in [0.15, 0.2) is 53.3 Å². The summed E-state index contributed by atoms with van der Waals surface area (Å²) in [6.45, 7) is 1.37. The SMILES string of the molecule is CN(C)c1cccc(C(=O)N2CCC(c3noc(-c4cccnc4)n3)CC2)c1. The molecule has 144 valence electrons. The summed E-state index contributed by atoms with van der Waals surface area (Å²) in [6, 6.07) is 11.5. The monoisotopic (exact) mass is 377 g/mol. The van der Waals surface area contributed by atoms with Crippen LogP contribution in [0.5, 0.6) is 0 Å². The van der Waals surface area contributed by atoms with Crippen LogP contribution in [-0.2, 0) is 0 Å². The summed E-state index contributed by atoms with van der Waals surface area (Å²) in [6.07, 6.45) is 5.07. The van der Waals surface area contributed by atoms with Gasteiger partial charge in [0.2, 0.25) is 0 Å². The standard InChI is InChI=1S/C21H23N5O2/c1-25(2)18-7-3-5-16(13-18)21(27)26-11-8-15(9-12-26)19-23-20(28-24-19)17-6-4-10-22-14-17/h3-7,10,13-15H,8-9,11-12H2,1-2H3. The Labute approximate surface area is 164 Å². The Bertz CT molecular complexity index is 946. The van der Waals surface area contributed by atoms with Crippen LogP contribution < -0.4 is 4.90 Å². The second-order valence-corrected chi connectivity index (χ2v) is 7.21. The molecule has 0 atom stereocenters. The highest BCUT2D eigenvalue weighted by Crippen LogP contribution is 2.28. The lowest BCUT2D eigenvalue weighted by atomic mass is 9.95. The fourth-order valence-corrected chi connectivity index (χ4v) is 3.45. The van der Waals surface area contributed by atoms with Crippen LogP contribution >= 0.6 is 0 Å². The Morgan fingerprint density at radius 3 is 2.71 bits per heavy atom. The molecular formula is C21H23N5O2. The molecule has 0 radical (unpaired) electrons. The van der Waals surface area contributed by atoms with Gasteiger partial charge in [-0.15, -0.1) is 0 Å². The summed E-state index contributed by atoms with van der Waals surface area (Å²) >= 11 is 0. The average Bonchev–Trinajstić information content (AvgIpc) is 3.24. The maximum absolute atomic E-state index is 12.9. The van der Waals surface area contributed by atoms with Crippen LogP contribution in [-0.4, -0.2) is 53.1 Å². The lowest BCUT2D eigenvalue weighted by molar-refractivity contribution is 0.0710. The van der Waals surface area contributed by atoms with Crippen molar-refractivity contribution in [3.63, 3.8) is 0 Å². The van der Waals surface area contributed by atoms with Gasteiger partial charge in [-0.1, -0.05) is 11.2 Å². The summed E-state index contributed by atoms with van der Waals surface area (Å²) in [5.41, 5.74) is 2.56. The van der Waals surface area contributed by atoms with E-state index in [1.807, 2.05) is 60.3 Å². The van der Waals surface area contributed by atoms with E-state index < -0.39 is 0 Å². The van der Waals surface area contributed by atoms with Gasteiger partial charge in [0.1, 0.15) is 0 Å². The minimum atomic E-state index is 0.0753. The minimum absolute atomic E-state index is 0.0753. The molecule has 1 aromatic carbocycles. The van der Waals surface area contributed by atoms with Crippen LogP contribution in [0.2, 0.25) is 0 Å². The van der Waals surface area contributed by atoms with E-state index in [2.05, 4.69) is 15.1 Å². The molecule has 1 fully saturated rings. The van der Waals surface area contributed by atoms with Crippen LogP contribution in [0.3, 0.4) is 0 Å². The molecule has 4 rings (SSSR count). The van der Waals surface area contributed by atoms with Crippen molar-refractivity contribution in [2.24, 2.45) is 0 Å². The molecule has 1 aliphatic rings. The summed E-state index contributed by atoms with van der Waals surface area (Å²) in [5, 5.41) is 4.15. The van der Waals surface area contributed by atoms with E-state index in [4.69, 9.17) is 4.52 Å². The molecule has 1 aliphatic heterocycles. The Morgan fingerprint density at radius 1 is 1.18 bits per heavy atom. The predicted molar refractivity (Wildman–Crippen MR) is 106 cm³/mol.